The van der Waals surface area contributed by atoms with E-state index in [1.807, 2.05) is 11.2 Å². The minimum absolute atomic E-state index is 0.204. The first-order valence-electron chi connectivity index (χ1n) is 7.68. The second kappa shape index (κ2) is 7.59. The fourth-order valence-electron chi connectivity index (χ4n) is 2.74. The lowest BCUT2D eigenvalue weighted by atomic mass is 10.0. The van der Waals surface area contributed by atoms with Crippen LogP contribution in [0.2, 0.25) is 0 Å². The quantitative estimate of drug-likeness (QED) is 0.798. The van der Waals surface area contributed by atoms with Crippen molar-refractivity contribution in [3.8, 4) is 0 Å². The van der Waals surface area contributed by atoms with Crippen LogP contribution in [0.15, 0.2) is 41.9 Å². The van der Waals surface area contributed by atoms with E-state index < -0.39 is 6.10 Å². The van der Waals surface area contributed by atoms with Crippen molar-refractivity contribution in [2.75, 3.05) is 24.2 Å². The van der Waals surface area contributed by atoms with E-state index in [1.165, 1.54) is 11.8 Å². The minimum Gasteiger partial charge on any atom is -0.389 e. The molecule has 0 saturated carbocycles. The van der Waals surface area contributed by atoms with Gasteiger partial charge in [0.1, 0.15) is 10.8 Å². The second-order valence-electron chi connectivity index (χ2n) is 5.51. The molecule has 8 heteroatoms. The maximum absolute atomic E-state index is 12.5. The molecule has 24 heavy (non-hydrogen) atoms. The number of carbonyl (C=O) groups excluding carboxylic acids is 1. The van der Waals surface area contributed by atoms with Crippen LogP contribution in [0.4, 0.5) is 5.82 Å². The van der Waals surface area contributed by atoms with Crippen LogP contribution in [-0.2, 0) is 0 Å². The SMILES string of the molecule is CSc1ncccc1C(=O)N[C@@H]1CCN(c2cnccn2)C[C@H]1O. The summed E-state index contributed by atoms with van der Waals surface area (Å²) in [5, 5.41) is 14.0. The molecule has 0 aliphatic carbocycles. The van der Waals surface area contributed by atoms with Gasteiger partial charge in [-0.05, 0) is 24.8 Å². The highest BCUT2D eigenvalue weighted by Crippen LogP contribution is 2.20. The molecule has 3 rings (SSSR count). The molecule has 126 valence electrons. The highest BCUT2D eigenvalue weighted by molar-refractivity contribution is 7.98. The van der Waals surface area contributed by atoms with Crippen molar-refractivity contribution in [2.45, 2.75) is 23.6 Å². The number of hydrogen-bond donors (Lipinski definition) is 2. The van der Waals surface area contributed by atoms with E-state index in [0.29, 0.717) is 30.1 Å². The summed E-state index contributed by atoms with van der Waals surface area (Å²) in [7, 11) is 0. The zero-order valence-electron chi connectivity index (χ0n) is 13.3. The van der Waals surface area contributed by atoms with E-state index in [4.69, 9.17) is 0 Å². The molecule has 1 aliphatic rings. The average Bonchev–Trinajstić information content (AvgIpc) is 2.64. The summed E-state index contributed by atoms with van der Waals surface area (Å²) in [6, 6.07) is 3.19. The zero-order valence-corrected chi connectivity index (χ0v) is 14.1. The first-order chi connectivity index (χ1) is 11.7. The van der Waals surface area contributed by atoms with Crippen LogP contribution in [0.1, 0.15) is 16.8 Å². The molecular weight excluding hydrogens is 326 g/mol. The van der Waals surface area contributed by atoms with Gasteiger partial charge in [0.15, 0.2) is 0 Å². The highest BCUT2D eigenvalue weighted by atomic mass is 32.2. The Kier molecular flexibility index (Phi) is 5.27. The predicted molar refractivity (Wildman–Crippen MR) is 92.1 cm³/mol. The second-order valence-corrected chi connectivity index (χ2v) is 6.30. The van der Waals surface area contributed by atoms with Gasteiger partial charge in [-0.1, -0.05) is 0 Å². The molecule has 3 heterocycles. The summed E-state index contributed by atoms with van der Waals surface area (Å²) in [6.07, 6.45) is 8.43. The lowest BCUT2D eigenvalue weighted by Gasteiger charge is -2.36. The summed E-state index contributed by atoms with van der Waals surface area (Å²) in [4.78, 5) is 26.9. The summed E-state index contributed by atoms with van der Waals surface area (Å²) >= 11 is 1.43. The van der Waals surface area contributed by atoms with Gasteiger partial charge in [0.25, 0.3) is 5.91 Å². The Morgan fingerprint density at radius 2 is 2.25 bits per heavy atom. The van der Waals surface area contributed by atoms with Crippen molar-refractivity contribution in [2.24, 2.45) is 0 Å². The number of hydrogen-bond acceptors (Lipinski definition) is 7. The normalized spacial score (nSPS) is 20.7. The molecule has 2 aromatic heterocycles. The van der Waals surface area contributed by atoms with Crippen molar-refractivity contribution >= 4 is 23.5 Å². The molecule has 0 aromatic carbocycles. The average molecular weight is 345 g/mol. The molecule has 1 saturated heterocycles. The van der Waals surface area contributed by atoms with E-state index in [0.717, 1.165) is 5.82 Å². The van der Waals surface area contributed by atoms with E-state index in [1.54, 1.807) is 36.9 Å². The summed E-state index contributed by atoms with van der Waals surface area (Å²) in [6.45, 7) is 1.11. The number of anilines is 1. The molecule has 1 amide bonds. The Balaban J connectivity index is 1.64. The molecule has 1 fully saturated rings. The molecule has 2 aromatic rings. The Bertz CT molecular complexity index is 700. The molecule has 1 aliphatic heterocycles. The van der Waals surface area contributed by atoms with Crippen molar-refractivity contribution in [1.29, 1.82) is 0 Å². The van der Waals surface area contributed by atoms with Gasteiger partial charge in [0, 0.05) is 31.7 Å². The van der Waals surface area contributed by atoms with Crippen LogP contribution in [-0.4, -0.2) is 57.5 Å². The summed E-state index contributed by atoms with van der Waals surface area (Å²) in [5.41, 5.74) is 0.536. The van der Waals surface area contributed by atoms with Gasteiger partial charge in [0.2, 0.25) is 0 Å². The van der Waals surface area contributed by atoms with E-state index >= 15 is 0 Å². The lowest BCUT2D eigenvalue weighted by molar-refractivity contribution is 0.0794. The monoisotopic (exact) mass is 345 g/mol. The fraction of sp³-hybridized carbons (Fsp3) is 0.375. The van der Waals surface area contributed by atoms with E-state index in [9.17, 15) is 9.90 Å². The summed E-state index contributed by atoms with van der Waals surface area (Å²) in [5.74, 6) is 0.530. The van der Waals surface area contributed by atoms with Crippen molar-refractivity contribution in [1.82, 2.24) is 20.3 Å². The molecule has 0 bridgehead atoms. The Morgan fingerprint density at radius 1 is 1.38 bits per heavy atom. The van der Waals surface area contributed by atoms with Crippen LogP contribution in [0.3, 0.4) is 0 Å². The maximum atomic E-state index is 12.5. The van der Waals surface area contributed by atoms with Crippen LogP contribution < -0.4 is 10.2 Å². The lowest BCUT2D eigenvalue weighted by Crippen LogP contribution is -2.54. The number of amides is 1. The number of thioether (sulfide) groups is 1. The van der Waals surface area contributed by atoms with Crippen molar-refractivity contribution in [3.05, 3.63) is 42.5 Å². The third-order valence-corrected chi connectivity index (χ3v) is 4.69. The molecule has 7 nitrogen and oxygen atoms in total. The zero-order chi connectivity index (χ0) is 16.9. The van der Waals surface area contributed by atoms with Crippen LogP contribution in [0, 0.1) is 0 Å². The molecule has 0 spiro atoms. The van der Waals surface area contributed by atoms with E-state index in [-0.39, 0.29) is 11.9 Å². The molecule has 0 radical (unpaired) electrons. The number of aliphatic hydroxyl groups excluding tert-OH is 1. The Hall–Kier alpha value is -2.19. The van der Waals surface area contributed by atoms with E-state index in [2.05, 4.69) is 20.3 Å². The van der Waals surface area contributed by atoms with Crippen molar-refractivity contribution in [3.63, 3.8) is 0 Å². The topological polar surface area (TPSA) is 91.2 Å². The number of pyridine rings is 1. The van der Waals surface area contributed by atoms with Gasteiger partial charge in [-0.25, -0.2) is 9.97 Å². The van der Waals surface area contributed by atoms with Gasteiger partial charge in [-0.15, -0.1) is 11.8 Å². The number of nitrogens with one attached hydrogen (secondary N) is 1. The van der Waals surface area contributed by atoms with Crippen molar-refractivity contribution < 1.29 is 9.90 Å². The third-order valence-electron chi connectivity index (χ3n) is 3.98. The standard InChI is InChI=1S/C16H19N5O2S/c1-24-16-11(3-2-5-19-16)15(23)20-12-4-8-21(10-13(12)22)14-9-17-6-7-18-14/h2-3,5-7,9,12-13,22H,4,8,10H2,1H3,(H,20,23)/t12-,13-/m1/s1. The first-order valence-corrected chi connectivity index (χ1v) is 8.90. The molecular formula is C16H19N5O2S. The number of β-amino-alcohol motifs (C(OH)–C–C–N with tert-alkyl or cyclic N) is 1. The van der Waals surface area contributed by atoms with Crippen LogP contribution in [0.25, 0.3) is 0 Å². The van der Waals surface area contributed by atoms with Crippen LogP contribution in [0.5, 0.6) is 0 Å². The minimum atomic E-state index is -0.667. The number of nitrogens with zero attached hydrogens (tertiary/aromatic N) is 4. The first kappa shape index (κ1) is 16.7. The Morgan fingerprint density at radius 3 is 2.96 bits per heavy atom. The molecule has 2 atom stereocenters. The van der Waals surface area contributed by atoms with Gasteiger partial charge < -0.3 is 15.3 Å². The largest absolute Gasteiger partial charge is 0.389 e. The number of rotatable bonds is 4. The molecule has 0 unspecified atom stereocenters. The maximum Gasteiger partial charge on any atom is 0.254 e. The molecule has 2 N–H and O–H groups in total. The van der Waals surface area contributed by atoms with Gasteiger partial charge >= 0.3 is 0 Å². The predicted octanol–water partition coefficient (Wildman–Crippen LogP) is 0.963. The summed E-state index contributed by atoms with van der Waals surface area (Å²) < 4.78 is 0. The number of aromatic nitrogens is 3. The fourth-order valence-corrected chi connectivity index (χ4v) is 3.28. The van der Waals surface area contributed by atoms with Gasteiger partial charge in [0.05, 0.1) is 23.9 Å². The highest BCUT2D eigenvalue weighted by Gasteiger charge is 2.30. The Labute approximate surface area is 144 Å². The van der Waals surface area contributed by atoms with Gasteiger partial charge in [-0.2, -0.15) is 0 Å². The number of piperidine rings is 1. The number of aliphatic hydroxyl groups is 1. The van der Waals surface area contributed by atoms with Crippen LogP contribution >= 0.6 is 11.8 Å². The third kappa shape index (κ3) is 3.65. The van der Waals surface area contributed by atoms with Gasteiger partial charge in [-0.3, -0.25) is 9.78 Å². The smallest absolute Gasteiger partial charge is 0.254 e. The number of carbonyl (C=O) groups is 1.